The molecule has 2 aromatic rings. The molecular formula is C17H16N2O3. The molecule has 0 saturated heterocycles. The van der Waals surface area contributed by atoms with E-state index in [9.17, 15) is 14.7 Å². The summed E-state index contributed by atoms with van der Waals surface area (Å²) in [4.78, 5) is 29.9. The van der Waals surface area contributed by atoms with Crippen LogP contribution in [0.15, 0.2) is 48.8 Å². The summed E-state index contributed by atoms with van der Waals surface area (Å²) in [5, 5.41) is 9.43. The third-order valence-electron chi connectivity index (χ3n) is 4.03. The molecule has 1 aromatic heterocycles. The van der Waals surface area contributed by atoms with E-state index in [0.717, 1.165) is 0 Å². The van der Waals surface area contributed by atoms with Gasteiger partial charge < -0.3 is 10.0 Å². The van der Waals surface area contributed by atoms with Gasteiger partial charge in [0.1, 0.15) is 0 Å². The van der Waals surface area contributed by atoms with Crippen LogP contribution in [0, 0.1) is 0 Å². The Morgan fingerprint density at radius 1 is 1.18 bits per heavy atom. The predicted octanol–water partition coefficient (Wildman–Crippen LogP) is 2.69. The van der Waals surface area contributed by atoms with Crippen LogP contribution in [0.2, 0.25) is 0 Å². The van der Waals surface area contributed by atoms with Crippen molar-refractivity contribution < 1.29 is 14.7 Å². The number of amides is 1. The molecule has 1 amide bonds. The van der Waals surface area contributed by atoms with Crippen LogP contribution < -0.4 is 4.90 Å². The Labute approximate surface area is 128 Å². The first-order chi connectivity index (χ1) is 10.6. The minimum Gasteiger partial charge on any atom is -0.481 e. The van der Waals surface area contributed by atoms with Gasteiger partial charge in [-0.05, 0) is 37.1 Å². The number of benzene rings is 1. The minimum absolute atomic E-state index is 0.133. The smallest absolute Gasteiger partial charge is 0.311 e. The number of rotatable bonds is 2. The highest BCUT2D eigenvalue weighted by Crippen LogP contribution is 2.39. The van der Waals surface area contributed by atoms with E-state index in [1.165, 1.54) is 0 Å². The maximum Gasteiger partial charge on any atom is 0.311 e. The van der Waals surface area contributed by atoms with Crippen molar-refractivity contribution in [1.82, 2.24) is 4.98 Å². The Bertz CT molecular complexity index is 715. The number of carboxylic acid groups (broad SMARTS) is 1. The van der Waals surface area contributed by atoms with Crippen molar-refractivity contribution in [2.45, 2.75) is 25.3 Å². The van der Waals surface area contributed by atoms with Crippen LogP contribution in [-0.4, -0.2) is 28.0 Å². The molecule has 5 heteroatoms. The number of carbonyl (C=O) groups is 2. The van der Waals surface area contributed by atoms with Gasteiger partial charge in [0.05, 0.1) is 5.92 Å². The van der Waals surface area contributed by atoms with Gasteiger partial charge in [-0.2, -0.15) is 0 Å². The van der Waals surface area contributed by atoms with Gasteiger partial charge in [-0.25, -0.2) is 0 Å². The molecule has 1 aromatic carbocycles. The van der Waals surface area contributed by atoms with Gasteiger partial charge >= 0.3 is 5.97 Å². The number of aromatic nitrogens is 1. The van der Waals surface area contributed by atoms with Crippen LogP contribution >= 0.6 is 0 Å². The Hall–Kier alpha value is -2.69. The summed E-state index contributed by atoms with van der Waals surface area (Å²) in [6, 6.07) is 10.4. The molecular weight excluding hydrogens is 280 g/mol. The molecule has 0 radical (unpaired) electrons. The molecule has 3 rings (SSSR count). The molecule has 0 bridgehead atoms. The summed E-state index contributed by atoms with van der Waals surface area (Å²) in [6.07, 6.45) is 3.56. The SMILES string of the molecule is C[C@@H]1C[C@@H](C(=O)O)c2ccccc2N1C(=O)c1ccncc1. The molecule has 0 unspecified atom stereocenters. The van der Waals surface area contributed by atoms with Gasteiger partial charge in [-0.15, -0.1) is 0 Å². The first kappa shape index (κ1) is 14.3. The second-order valence-corrected chi connectivity index (χ2v) is 5.45. The van der Waals surface area contributed by atoms with E-state index in [1.54, 1.807) is 47.6 Å². The number of hydrogen-bond acceptors (Lipinski definition) is 3. The van der Waals surface area contributed by atoms with Gasteiger partial charge in [0.15, 0.2) is 0 Å². The second-order valence-electron chi connectivity index (χ2n) is 5.45. The van der Waals surface area contributed by atoms with Crippen molar-refractivity contribution in [1.29, 1.82) is 0 Å². The number of aliphatic carboxylic acids is 1. The van der Waals surface area contributed by atoms with Crippen LogP contribution in [-0.2, 0) is 4.79 Å². The fraction of sp³-hybridized carbons (Fsp3) is 0.235. The highest BCUT2D eigenvalue weighted by molar-refractivity contribution is 6.07. The summed E-state index contributed by atoms with van der Waals surface area (Å²) in [5.41, 5.74) is 1.91. The number of carboxylic acids is 1. The lowest BCUT2D eigenvalue weighted by Gasteiger charge is -2.38. The van der Waals surface area contributed by atoms with E-state index in [1.807, 2.05) is 13.0 Å². The normalized spacial score (nSPS) is 20.3. The van der Waals surface area contributed by atoms with E-state index in [0.29, 0.717) is 23.2 Å². The number of carbonyl (C=O) groups excluding carboxylic acids is 1. The van der Waals surface area contributed by atoms with Crippen LogP contribution in [0.1, 0.15) is 35.2 Å². The second kappa shape index (κ2) is 5.60. The van der Waals surface area contributed by atoms with E-state index < -0.39 is 11.9 Å². The van der Waals surface area contributed by atoms with Crippen molar-refractivity contribution in [2.24, 2.45) is 0 Å². The highest BCUT2D eigenvalue weighted by Gasteiger charge is 2.37. The van der Waals surface area contributed by atoms with Gasteiger partial charge in [0.2, 0.25) is 0 Å². The minimum atomic E-state index is -0.852. The lowest BCUT2D eigenvalue weighted by molar-refractivity contribution is -0.139. The standard InChI is InChI=1S/C17H16N2O3/c1-11-10-14(17(21)22)13-4-2-3-5-15(13)19(11)16(20)12-6-8-18-9-7-12/h2-9,11,14H,10H2,1H3,(H,21,22)/t11-,14-/m1/s1. The topological polar surface area (TPSA) is 70.5 Å². The Morgan fingerprint density at radius 3 is 2.55 bits per heavy atom. The average Bonchev–Trinajstić information content (AvgIpc) is 2.54. The fourth-order valence-electron chi connectivity index (χ4n) is 2.99. The first-order valence-electron chi connectivity index (χ1n) is 7.15. The Balaban J connectivity index is 2.07. The van der Waals surface area contributed by atoms with Gasteiger partial charge in [0, 0.05) is 29.7 Å². The third-order valence-corrected chi connectivity index (χ3v) is 4.03. The number of nitrogens with zero attached hydrogens (tertiary/aromatic N) is 2. The molecule has 0 aliphatic carbocycles. The van der Waals surface area contributed by atoms with Crippen LogP contribution in [0.3, 0.4) is 0 Å². The molecule has 22 heavy (non-hydrogen) atoms. The summed E-state index contributed by atoms with van der Waals surface area (Å²) in [7, 11) is 0. The van der Waals surface area contributed by atoms with E-state index in [2.05, 4.69) is 4.98 Å². The molecule has 1 aliphatic heterocycles. The van der Waals surface area contributed by atoms with Crippen molar-refractivity contribution in [3.05, 3.63) is 59.9 Å². The molecule has 2 heterocycles. The zero-order chi connectivity index (χ0) is 15.7. The number of para-hydroxylation sites is 1. The van der Waals surface area contributed by atoms with Crippen molar-refractivity contribution in [2.75, 3.05) is 4.90 Å². The van der Waals surface area contributed by atoms with Crippen molar-refractivity contribution >= 4 is 17.6 Å². The predicted molar refractivity (Wildman–Crippen MR) is 81.9 cm³/mol. The molecule has 0 spiro atoms. The van der Waals surface area contributed by atoms with Crippen LogP contribution in [0.5, 0.6) is 0 Å². The Kier molecular flexibility index (Phi) is 3.63. The molecule has 1 aliphatic rings. The quantitative estimate of drug-likeness (QED) is 0.925. The van der Waals surface area contributed by atoms with Crippen molar-refractivity contribution in [3.8, 4) is 0 Å². The molecule has 5 nitrogen and oxygen atoms in total. The van der Waals surface area contributed by atoms with Gasteiger partial charge in [-0.3, -0.25) is 14.6 Å². The monoisotopic (exact) mass is 296 g/mol. The van der Waals surface area contributed by atoms with Crippen LogP contribution in [0.25, 0.3) is 0 Å². The third kappa shape index (κ3) is 2.35. The lowest BCUT2D eigenvalue weighted by atomic mass is 9.86. The zero-order valence-corrected chi connectivity index (χ0v) is 12.1. The van der Waals surface area contributed by atoms with Gasteiger partial charge in [0.25, 0.3) is 5.91 Å². The maximum absolute atomic E-state index is 12.8. The number of anilines is 1. The molecule has 112 valence electrons. The molecule has 0 fully saturated rings. The average molecular weight is 296 g/mol. The van der Waals surface area contributed by atoms with Crippen LogP contribution in [0.4, 0.5) is 5.69 Å². The maximum atomic E-state index is 12.8. The Morgan fingerprint density at radius 2 is 1.86 bits per heavy atom. The first-order valence-corrected chi connectivity index (χ1v) is 7.15. The van der Waals surface area contributed by atoms with E-state index in [-0.39, 0.29) is 11.9 Å². The summed E-state index contributed by atoms with van der Waals surface area (Å²) in [6.45, 7) is 1.88. The fourth-order valence-corrected chi connectivity index (χ4v) is 2.99. The van der Waals surface area contributed by atoms with E-state index in [4.69, 9.17) is 0 Å². The zero-order valence-electron chi connectivity index (χ0n) is 12.1. The van der Waals surface area contributed by atoms with Crippen molar-refractivity contribution in [3.63, 3.8) is 0 Å². The molecule has 1 N–H and O–H groups in total. The highest BCUT2D eigenvalue weighted by atomic mass is 16.4. The summed E-state index contributed by atoms with van der Waals surface area (Å²) < 4.78 is 0. The van der Waals surface area contributed by atoms with E-state index >= 15 is 0 Å². The lowest BCUT2D eigenvalue weighted by Crippen LogP contribution is -2.44. The number of hydrogen-bond donors (Lipinski definition) is 1. The number of pyridine rings is 1. The van der Waals surface area contributed by atoms with Gasteiger partial charge in [-0.1, -0.05) is 18.2 Å². The largest absolute Gasteiger partial charge is 0.481 e. The molecule has 2 atom stereocenters. The summed E-state index contributed by atoms with van der Waals surface area (Å²) >= 11 is 0. The summed E-state index contributed by atoms with van der Waals surface area (Å²) in [5.74, 6) is -1.56. The molecule has 0 saturated carbocycles. The number of fused-ring (bicyclic) bond motifs is 1.